The summed E-state index contributed by atoms with van der Waals surface area (Å²) in [4.78, 5) is 3.90. The van der Waals surface area contributed by atoms with Gasteiger partial charge in [-0.3, -0.25) is 0 Å². The van der Waals surface area contributed by atoms with Crippen molar-refractivity contribution < 1.29 is 9.50 Å². The fourth-order valence-corrected chi connectivity index (χ4v) is 1.03. The van der Waals surface area contributed by atoms with Crippen LogP contribution in [0.1, 0.15) is 18.3 Å². The van der Waals surface area contributed by atoms with E-state index >= 15 is 0 Å². The highest BCUT2D eigenvalue weighted by molar-refractivity contribution is 7.18. The first kappa shape index (κ1) is 10.1. The average Bonchev–Trinajstić information content (AvgIpc) is 2.03. The van der Waals surface area contributed by atoms with E-state index in [9.17, 15) is 4.39 Å². The molecule has 0 fully saturated rings. The Morgan fingerprint density at radius 1 is 1.69 bits per heavy atom. The first-order valence-corrected chi connectivity index (χ1v) is 4.32. The molecule has 13 heavy (non-hydrogen) atoms. The lowest BCUT2D eigenvalue weighted by molar-refractivity contribution is 0.315. The molecule has 0 saturated carbocycles. The van der Waals surface area contributed by atoms with Crippen LogP contribution in [0.5, 0.6) is 0 Å². The van der Waals surface area contributed by atoms with Gasteiger partial charge in [0.25, 0.3) is 0 Å². The van der Waals surface area contributed by atoms with Crippen molar-refractivity contribution >= 4 is 15.0 Å². The molecule has 2 atom stereocenters. The van der Waals surface area contributed by atoms with Crippen molar-refractivity contribution in [2.24, 2.45) is 0 Å². The predicted octanol–water partition coefficient (Wildman–Crippen LogP) is 2.63. The number of nitrogens with zero attached hydrogens (tertiary/aromatic N) is 1. The topological polar surface area (TPSA) is 33.1 Å². The smallest absolute Gasteiger partial charge is 0.162 e. The van der Waals surface area contributed by atoms with Gasteiger partial charge < -0.3 is 5.11 Å². The second-order valence-electron chi connectivity index (χ2n) is 2.93. The summed E-state index contributed by atoms with van der Waals surface area (Å²) in [6.07, 6.45) is 0. The fourth-order valence-electron chi connectivity index (χ4n) is 0.868. The lowest BCUT2D eigenvalue weighted by atomic mass is 10.2. The van der Waals surface area contributed by atoms with Crippen LogP contribution in [0.2, 0.25) is 0 Å². The third-order valence-corrected chi connectivity index (χ3v) is 1.84. The molecule has 0 aliphatic rings. The van der Waals surface area contributed by atoms with Crippen LogP contribution < -0.4 is 0 Å². The molecule has 1 aromatic heterocycles. The molecule has 2 nitrogen and oxygen atoms in total. The van der Waals surface area contributed by atoms with Crippen LogP contribution in [-0.4, -0.2) is 10.1 Å². The number of aliphatic hydroxyl groups is 1. The molecular formula is C9H11FNOP. The third kappa shape index (κ3) is 2.49. The van der Waals surface area contributed by atoms with E-state index in [4.69, 9.17) is 5.11 Å². The summed E-state index contributed by atoms with van der Waals surface area (Å²) >= 11 is 0. The molecule has 0 bridgehead atoms. The zero-order valence-corrected chi connectivity index (χ0v) is 8.44. The molecule has 0 aliphatic heterocycles. The summed E-state index contributed by atoms with van der Waals surface area (Å²) in [5.41, 5.74) is 0.550. The van der Waals surface area contributed by atoms with Crippen molar-refractivity contribution in [2.75, 3.05) is 0 Å². The lowest BCUT2D eigenvalue weighted by Crippen LogP contribution is -2.08. The van der Waals surface area contributed by atoms with Crippen LogP contribution in [-0.2, 0) is 5.41 Å². The molecule has 0 aliphatic carbocycles. The van der Waals surface area contributed by atoms with E-state index in [0.717, 1.165) is 0 Å². The Bertz CT molecular complexity index is 333. The first-order chi connectivity index (χ1) is 5.91. The minimum absolute atomic E-state index is 0.156. The number of hydrogen-bond donors (Lipinski definition) is 1. The number of aromatic nitrogens is 1. The van der Waals surface area contributed by atoms with E-state index in [1.54, 1.807) is 18.2 Å². The van der Waals surface area contributed by atoms with E-state index in [0.29, 0.717) is 5.69 Å². The largest absolute Gasteiger partial charge is 0.506 e. The summed E-state index contributed by atoms with van der Waals surface area (Å²) in [5.74, 6) is -0.156. The van der Waals surface area contributed by atoms with Gasteiger partial charge in [0, 0.05) is 0 Å². The van der Waals surface area contributed by atoms with Crippen molar-refractivity contribution in [1.29, 1.82) is 0 Å². The highest BCUT2D eigenvalue weighted by atomic mass is 31.0. The Hall–Kier alpha value is -0.950. The highest BCUT2D eigenvalue weighted by Gasteiger charge is 2.20. The molecule has 1 aromatic rings. The number of hydrogen-bond acceptors (Lipinski definition) is 2. The van der Waals surface area contributed by atoms with Gasteiger partial charge in [-0.1, -0.05) is 21.9 Å². The Morgan fingerprint density at radius 2 is 2.31 bits per heavy atom. The van der Waals surface area contributed by atoms with Crippen molar-refractivity contribution in [3.8, 4) is 0 Å². The number of aliphatic hydroxyl groups excluding tert-OH is 1. The van der Waals surface area contributed by atoms with Crippen LogP contribution in [0.3, 0.4) is 0 Å². The number of halogens is 1. The van der Waals surface area contributed by atoms with Gasteiger partial charge in [0.1, 0.15) is 11.5 Å². The standard InChI is InChI=1S/C9H11FNOP/c1-6(12)7-4-3-5-8(11-7)9(2,10)13/h3-5,12H,1,13H2,2H3. The maximum Gasteiger partial charge on any atom is 0.162 e. The van der Waals surface area contributed by atoms with Crippen LogP contribution in [0.4, 0.5) is 4.39 Å². The van der Waals surface area contributed by atoms with Crippen LogP contribution in [0, 0.1) is 0 Å². The molecule has 1 heterocycles. The number of alkyl halides is 1. The Balaban J connectivity index is 3.13. The molecule has 2 unspecified atom stereocenters. The molecule has 0 radical (unpaired) electrons. The molecule has 1 rings (SSSR count). The summed E-state index contributed by atoms with van der Waals surface area (Å²) < 4.78 is 13.4. The monoisotopic (exact) mass is 199 g/mol. The normalized spacial score (nSPS) is 15.0. The van der Waals surface area contributed by atoms with Crippen LogP contribution in [0.25, 0.3) is 5.76 Å². The molecule has 0 aromatic carbocycles. The lowest BCUT2D eigenvalue weighted by Gasteiger charge is -2.13. The minimum Gasteiger partial charge on any atom is -0.506 e. The van der Waals surface area contributed by atoms with Gasteiger partial charge in [0.2, 0.25) is 0 Å². The van der Waals surface area contributed by atoms with Gasteiger partial charge in [0.15, 0.2) is 5.41 Å². The molecule has 4 heteroatoms. The highest BCUT2D eigenvalue weighted by Crippen LogP contribution is 2.31. The Labute approximate surface area is 78.7 Å². The third-order valence-electron chi connectivity index (χ3n) is 1.55. The quantitative estimate of drug-likeness (QED) is 0.586. The van der Waals surface area contributed by atoms with Crippen LogP contribution >= 0.6 is 9.24 Å². The Morgan fingerprint density at radius 3 is 2.77 bits per heavy atom. The van der Waals surface area contributed by atoms with Crippen molar-refractivity contribution in [1.82, 2.24) is 4.98 Å². The van der Waals surface area contributed by atoms with Crippen LogP contribution in [0.15, 0.2) is 24.8 Å². The van der Waals surface area contributed by atoms with Crippen molar-refractivity contribution in [2.45, 2.75) is 12.3 Å². The maximum absolute atomic E-state index is 13.4. The molecule has 0 spiro atoms. The fraction of sp³-hybridized carbons (Fsp3) is 0.222. The van der Waals surface area contributed by atoms with Gasteiger partial charge in [-0.2, -0.15) is 0 Å². The zero-order chi connectivity index (χ0) is 10.1. The predicted molar refractivity (Wildman–Crippen MR) is 54.1 cm³/mol. The van der Waals surface area contributed by atoms with E-state index in [1.807, 2.05) is 9.24 Å². The zero-order valence-electron chi connectivity index (χ0n) is 7.29. The first-order valence-electron chi connectivity index (χ1n) is 3.75. The number of rotatable bonds is 2. The average molecular weight is 199 g/mol. The minimum atomic E-state index is -1.58. The van der Waals surface area contributed by atoms with Crippen molar-refractivity contribution in [3.63, 3.8) is 0 Å². The summed E-state index contributed by atoms with van der Waals surface area (Å²) in [6, 6.07) is 4.75. The molecule has 0 saturated heterocycles. The summed E-state index contributed by atoms with van der Waals surface area (Å²) in [5, 5.41) is 7.45. The summed E-state index contributed by atoms with van der Waals surface area (Å²) in [6.45, 7) is 4.69. The number of pyridine rings is 1. The van der Waals surface area contributed by atoms with Crippen molar-refractivity contribution in [3.05, 3.63) is 36.2 Å². The van der Waals surface area contributed by atoms with Gasteiger partial charge in [-0.15, -0.1) is 0 Å². The molecular weight excluding hydrogens is 188 g/mol. The van der Waals surface area contributed by atoms with Gasteiger partial charge in [0.05, 0.1) is 5.69 Å². The van der Waals surface area contributed by atoms with E-state index < -0.39 is 5.41 Å². The molecule has 70 valence electrons. The van der Waals surface area contributed by atoms with Gasteiger partial charge >= 0.3 is 0 Å². The molecule has 0 amide bonds. The molecule has 1 N–H and O–H groups in total. The SMILES string of the molecule is C=C(O)c1cccc(C(C)(F)P)n1. The van der Waals surface area contributed by atoms with E-state index in [2.05, 4.69) is 11.6 Å². The second-order valence-corrected chi connectivity index (χ2v) is 4.01. The van der Waals surface area contributed by atoms with E-state index in [-0.39, 0.29) is 11.5 Å². The summed E-state index contributed by atoms with van der Waals surface area (Å²) in [7, 11) is 2.04. The Kier molecular flexibility index (Phi) is 2.67. The maximum atomic E-state index is 13.4. The van der Waals surface area contributed by atoms with Gasteiger partial charge in [-0.05, 0) is 19.1 Å². The van der Waals surface area contributed by atoms with E-state index in [1.165, 1.54) is 6.92 Å². The van der Waals surface area contributed by atoms with Gasteiger partial charge in [-0.25, -0.2) is 9.37 Å². The second kappa shape index (κ2) is 3.43.